The van der Waals surface area contributed by atoms with E-state index in [0.29, 0.717) is 6.04 Å². The SMILES string of the molecule is CC(N)CN(C)C.Cl.Cl. The van der Waals surface area contributed by atoms with Crippen molar-refractivity contribution in [1.82, 2.24) is 4.90 Å². The van der Waals surface area contributed by atoms with E-state index in [-0.39, 0.29) is 24.8 Å². The second kappa shape index (κ2) is 8.50. The first-order valence-corrected chi connectivity index (χ1v) is 2.53. The number of hydrogen-bond acceptors (Lipinski definition) is 2. The number of nitrogens with two attached hydrogens (primary N) is 1. The quantitative estimate of drug-likeness (QED) is 0.670. The van der Waals surface area contributed by atoms with Gasteiger partial charge in [0.15, 0.2) is 0 Å². The Kier molecular flexibility index (Phi) is 15.3. The van der Waals surface area contributed by atoms with E-state index in [9.17, 15) is 0 Å². The lowest BCUT2D eigenvalue weighted by Gasteiger charge is -2.11. The van der Waals surface area contributed by atoms with Gasteiger partial charge in [0, 0.05) is 12.6 Å². The number of likely N-dealkylation sites (N-methyl/N-ethyl adjacent to an activating group) is 1. The lowest BCUT2D eigenvalue weighted by Crippen LogP contribution is -2.29. The fraction of sp³-hybridized carbons (Fsp3) is 1.00. The van der Waals surface area contributed by atoms with Crippen LogP contribution in [-0.2, 0) is 0 Å². The Morgan fingerprint density at radius 1 is 1.33 bits per heavy atom. The summed E-state index contributed by atoms with van der Waals surface area (Å²) in [6, 6.07) is 0.301. The molecule has 2 N–H and O–H groups in total. The van der Waals surface area contributed by atoms with Crippen LogP contribution in [-0.4, -0.2) is 31.6 Å². The molecule has 0 bridgehead atoms. The Bertz CT molecular complexity index is 42.2. The van der Waals surface area contributed by atoms with Crippen molar-refractivity contribution in [2.24, 2.45) is 5.73 Å². The molecule has 0 saturated heterocycles. The summed E-state index contributed by atoms with van der Waals surface area (Å²) in [4.78, 5) is 2.07. The maximum Gasteiger partial charge on any atom is 0.0138 e. The van der Waals surface area contributed by atoms with Gasteiger partial charge >= 0.3 is 0 Å². The molecule has 0 radical (unpaired) electrons. The molecule has 0 saturated carbocycles. The summed E-state index contributed by atoms with van der Waals surface area (Å²) in [5.74, 6) is 0. The number of rotatable bonds is 2. The van der Waals surface area contributed by atoms with Gasteiger partial charge in [-0.1, -0.05) is 0 Å². The second-order valence-electron chi connectivity index (χ2n) is 2.24. The predicted octanol–water partition coefficient (Wildman–Crippen LogP) is 0.739. The van der Waals surface area contributed by atoms with Crippen LogP contribution in [0.5, 0.6) is 0 Å². The van der Waals surface area contributed by atoms with Gasteiger partial charge in [-0.25, -0.2) is 0 Å². The lowest BCUT2D eigenvalue weighted by molar-refractivity contribution is 0.383. The molecular weight excluding hydrogens is 159 g/mol. The van der Waals surface area contributed by atoms with Gasteiger partial charge < -0.3 is 10.6 Å². The van der Waals surface area contributed by atoms with Crippen molar-refractivity contribution in [3.05, 3.63) is 0 Å². The summed E-state index contributed by atoms with van der Waals surface area (Å²) >= 11 is 0. The highest BCUT2D eigenvalue weighted by atomic mass is 35.5. The third kappa shape index (κ3) is 17.7. The van der Waals surface area contributed by atoms with E-state index in [4.69, 9.17) is 5.73 Å². The number of halogens is 2. The number of hydrogen-bond donors (Lipinski definition) is 1. The molecule has 60 valence electrons. The molecule has 0 aliphatic heterocycles. The van der Waals surface area contributed by atoms with Crippen molar-refractivity contribution in [3.8, 4) is 0 Å². The highest BCUT2D eigenvalue weighted by Gasteiger charge is 1.92. The molecule has 0 fully saturated rings. The summed E-state index contributed by atoms with van der Waals surface area (Å²) in [6.07, 6.45) is 0. The average Bonchev–Trinajstić information content (AvgIpc) is 1.27. The first-order chi connectivity index (χ1) is 3.13. The average molecular weight is 175 g/mol. The van der Waals surface area contributed by atoms with E-state index in [1.54, 1.807) is 0 Å². The van der Waals surface area contributed by atoms with Gasteiger partial charge in [0.25, 0.3) is 0 Å². The molecule has 1 unspecified atom stereocenters. The predicted molar refractivity (Wildman–Crippen MR) is 46.7 cm³/mol. The molecule has 0 aliphatic rings. The lowest BCUT2D eigenvalue weighted by atomic mass is 10.3. The largest absolute Gasteiger partial charge is 0.327 e. The van der Waals surface area contributed by atoms with Gasteiger partial charge in [-0.2, -0.15) is 0 Å². The molecule has 0 amide bonds. The first kappa shape index (κ1) is 16.2. The van der Waals surface area contributed by atoms with Gasteiger partial charge in [0.2, 0.25) is 0 Å². The van der Waals surface area contributed by atoms with Crippen molar-refractivity contribution in [3.63, 3.8) is 0 Å². The highest BCUT2D eigenvalue weighted by Crippen LogP contribution is 1.76. The van der Waals surface area contributed by atoms with Gasteiger partial charge in [-0.15, -0.1) is 24.8 Å². The molecule has 0 rings (SSSR count). The van der Waals surface area contributed by atoms with Gasteiger partial charge in [-0.05, 0) is 21.0 Å². The summed E-state index contributed by atoms with van der Waals surface area (Å²) in [7, 11) is 4.03. The van der Waals surface area contributed by atoms with Crippen LogP contribution in [0.1, 0.15) is 6.92 Å². The van der Waals surface area contributed by atoms with Crippen molar-refractivity contribution >= 4 is 24.8 Å². The third-order valence-electron chi connectivity index (χ3n) is 0.653. The molecule has 0 aromatic heterocycles. The third-order valence-corrected chi connectivity index (χ3v) is 0.653. The molecule has 0 spiro atoms. The maximum absolute atomic E-state index is 5.45. The monoisotopic (exact) mass is 174 g/mol. The van der Waals surface area contributed by atoms with E-state index in [2.05, 4.69) is 4.90 Å². The topological polar surface area (TPSA) is 29.3 Å². The Hall–Kier alpha value is 0.500. The zero-order valence-corrected chi connectivity index (χ0v) is 7.76. The van der Waals surface area contributed by atoms with Gasteiger partial charge in [0.05, 0.1) is 0 Å². The van der Waals surface area contributed by atoms with E-state index >= 15 is 0 Å². The van der Waals surface area contributed by atoms with Crippen LogP contribution in [0.3, 0.4) is 0 Å². The van der Waals surface area contributed by atoms with E-state index < -0.39 is 0 Å². The molecule has 9 heavy (non-hydrogen) atoms. The maximum atomic E-state index is 5.45. The van der Waals surface area contributed by atoms with Crippen LogP contribution in [0.15, 0.2) is 0 Å². The Balaban J connectivity index is -0.000000180. The van der Waals surface area contributed by atoms with Crippen LogP contribution in [0.4, 0.5) is 0 Å². The van der Waals surface area contributed by atoms with E-state index in [0.717, 1.165) is 6.54 Å². The normalized spacial score (nSPS) is 11.7. The molecular formula is C5H16Cl2N2. The molecule has 0 aromatic rings. The van der Waals surface area contributed by atoms with Crippen molar-refractivity contribution < 1.29 is 0 Å². The van der Waals surface area contributed by atoms with Gasteiger partial charge in [-0.3, -0.25) is 0 Å². The summed E-state index contributed by atoms with van der Waals surface area (Å²) < 4.78 is 0. The Labute approximate surface area is 69.6 Å². The van der Waals surface area contributed by atoms with Crippen LogP contribution in [0.2, 0.25) is 0 Å². The molecule has 1 atom stereocenters. The van der Waals surface area contributed by atoms with E-state index in [1.165, 1.54) is 0 Å². The minimum absolute atomic E-state index is 0. The fourth-order valence-corrected chi connectivity index (χ4v) is 0.576. The van der Waals surface area contributed by atoms with Crippen LogP contribution >= 0.6 is 24.8 Å². The van der Waals surface area contributed by atoms with E-state index in [1.807, 2.05) is 21.0 Å². The highest BCUT2D eigenvalue weighted by molar-refractivity contribution is 5.85. The van der Waals surface area contributed by atoms with Gasteiger partial charge in [0.1, 0.15) is 0 Å². The van der Waals surface area contributed by atoms with Crippen molar-refractivity contribution in [2.45, 2.75) is 13.0 Å². The first-order valence-electron chi connectivity index (χ1n) is 2.53. The Morgan fingerprint density at radius 3 is 1.67 bits per heavy atom. The smallest absolute Gasteiger partial charge is 0.0138 e. The molecule has 4 heteroatoms. The summed E-state index contributed by atoms with van der Waals surface area (Å²) in [6.45, 7) is 2.97. The Morgan fingerprint density at radius 2 is 1.67 bits per heavy atom. The minimum atomic E-state index is 0. The standard InChI is InChI=1S/C5H14N2.2ClH/c1-5(6)4-7(2)3;;/h5H,4,6H2,1-3H3;2*1H. The van der Waals surface area contributed by atoms with Crippen LogP contribution in [0.25, 0.3) is 0 Å². The minimum Gasteiger partial charge on any atom is -0.327 e. The van der Waals surface area contributed by atoms with Crippen LogP contribution < -0.4 is 5.73 Å². The number of nitrogens with zero attached hydrogens (tertiary/aromatic N) is 1. The molecule has 0 aromatic carbocycles. The summed E-state index contributed by atoms with van der Waals surface area (Å²) in [5.41, 5.74) is 5.45. The molecule has 0 heterocycles. The van der Waals surface area contributed by atoms with Crippen LogP contribution in [0, 0.1) is 0 Å². The fourth-order valence-electron chi connectivity index (χ4n) is 0.576. The molecule has 2 nitrogen and oxygen atoms in total. The zero-order valence-electron chi connectivity index (χ0n) is 6.13. The summed E-state index contributed by atoms with van der Waals surface area (Å²) in [5, 5.41) is 0. The van der Waals surface area contributed by atoms with Crippen molar-refractivity contribution in [2.75, 3.05) is 20.6 Å². The molecule has 0 aliphatic carbocycles. The van der Waals surface area contributed by atoms with Crippen molar-refractivity contribution in [1.29, 1.82) is 0 Å². The zero-order chi connectivity index (χ0) is 5.86. The second-order valence-corrected chi connectivity index (χ2v) is 2.24.